The summed E-state index contributed by atoms with van der Waals surface area (Å²) in [6, 6.07) is 0. The molecule has 0 aliphatic heterocycles. The lowest BCUT2D eigenvalue weighted by Gasteiger charge is -2.09. The van der Waals surface area contributed by atoms with Crippen LogP contribution in [0.15, 0.2) is 18.6 Å². The number of fused-ring (bicyclic) bond motifs is 1. The Labute approximate surface area is 116 Å². The number of carbonyl (C=O) groups excluding carboxylic acids is 1. The molecule has 108 valence electrons. The number of aromatic nitrogens is 3. The molecule has 8 heteroatoms. The van der Waals surface area contributed by atoms with E-state index in [2.05, 4.69) is 25.9 Å². The van der Waals surface area contributed by atoms with Crippen molar-refractivity contribution in [2.24, 2.45) is 0 Å². The summed E-state index contributed by atoms with van der Waals surface area (Å²) >= 11 is 0. The molecule has 1 amide bonds. The Hall–Kier alpha value is -2.35. The highest BCUT2D eigenvalue weighted by Crippen LogP contribution is 2.15. The maximum absolute atomic E-state index is 11.6. The van der Waals surface area contributed by atoms with Gasteiger partial charge in [-0.25, -0.2) is 9.97 Å². The topological polar surface area (TPSA) is 92.6 Å². The molecule has 8 nitrogen and oxygen atoms in total. The van der Waals surface area contributed by atoms with Crippen LogP contribution in [0.5, 0.6) is 0 Å². The first-order valence-electron chi connectivity index (χ1n) is 6.25. The fourth-order valence-electron chi connectivity index (χ4n) is 1.69. The minimum Gasteiger partial charge on any atom is -0.383 e. The second kappa shape index (κ2) is 6.71. The molecule has 2 aromatic rings. The van der Waals surface area contributed by atoms with E-state index in [9.17, 15) is 4.79 Å². The third kappa shape index (κ3) is 3.35. The Balaban J connectivity index is 2.01. The average molecular weight is 278 g/mol. The van der Waals surface area contributed by atoms with Gasteiger partial charge in [0, 0.05) is 33.1 Å². The Kier molecular flexibility index (Phi) is 4.72. The van der Waals surface area contributed by atoms with E-state index >= 15 is 0 Å². The lowest BCUT2D eigenvalue weighted by molar-refractivity contribution is -0.119. The van der Waals surface area contributed by atoms with Gasteiger partial charge in [0.2, 0.25) is 5.91 Å². The monoisotopic (exact) mass is 278 g/mol. The maximum atomic E-state index is 11.6. The molecule has 2 rings (SSSR count). The van der Waals surface area contributed by atoms with E-state index in [1.165, 1.54) is 0 Å². The van der Waals surface area contributed by atoms with Gasteiger partial charge in [-0.15, -0.1) is 0 Å². The number of nitrogens with zero attached hydrogens (tertiary/aromatic N) is 3. The number of methoxy groups -OCH3 is 1. The number of ether oxygens (including phenoxy) is 1. The van der Waals surface area contributed by atoms with Gasteiger partial charge in [0.15, 0.2) is 11.5 Å². The number of hydrogen-bond donors (Lipinski definition) is 3. The smallest absolute Gasteiger partial charge is 0.239 e. The molecule has 0 radical (unpaired) electrons. The molecule has 0 atom stereocenters. The van der Waals surface area contributed by atoms with Crippen molar-refractivity contribution >= 4 is 23.2 Å². The second-order valence-corrected chi connectivity index (χ2v) is 4.08. The molecule has 0 saturated carbocycles. The Morgan fingerprint density at radius 1 is 1.50 bits per heavy atom. The molecule has 0 aliphatic rings. The van der Waals surface area contributed by atoms with Crippen LogP contribution in [0.4, 0.5) is 11.6 Å². The quantitative estimate of drug-likeness (QED) is 0.615. The second-order valence-electron chi connectivity index (χ2n) is 4.08. The fourth-order valence-corrected chi connectivity index (χ4v) is 1.69. The zero-order valence-electron chi connectivity index (χ0n) is 11.5. The fraction of sp³-hybridized carbons (Fsp3) is 0.417. The lowest BCUT2D eigenvalue weighted by Crippen LogP contribution is -2.32. The summed E-state index contributed by atoms with van der Waals surface area (Å²) in [6.07, 6.45) is 5.33. The molecule has 20 heavy (non-hydrogen) atoms. The van der Waals surface area contributed by atoms with Crippen LogP contribution in [0, 0.1) is 0 Å². The molecular formula is C12H18N6O2. The van der Waals surface area contributed by atoms with Crippen molar-refractivity contribution in [3.63, 3.8) is 0 Å². The summed E-state index contributed by atoms with van der Waals surface area (Å²) in [5.41, 5.74) is 0.675. The van der Waals surface area contributed by atoms with Gasteiger partial charge < -0.3 is 25.1 Å². The highest BCUT2D eigenvalue weighted by Gasteiger charge is 2.08. The van der Waals surface area contributed by atoms with Gasteiger partial charge in [0.1, 0.15) is 5.82 Å². The average Bonchev–Trinajstić information content (AvgIpc) is 2.93. The lowest BCUT2D eigenvalue weighted by atomic mass is 10.5. The van der Waals surface area contributed by atoms with E-state index in [4.69, 9.17) is 4.74 Å². The Bertz CT molecular complexity index is 582. The number of nitrogens with one attached hydrogen (secondary N) is 3. The molecule has 0 spiro atoms. The summed E-state index contributed by atoms with van der Waals surface area (Å²) in [4.78, 5) is 20.2. The SMILES string of the molecule is CNc1cn2ccnc2c(NCC(=O)NCCOC)n1. The van der Waals surface area contributed by atoms with Gasteiger partial charge in [0.25, 0.3) is 0 Å². The van der Waals surface area contributed by atoms with Crippen LogP contribution in [0.3, 0.4) is 0 Å². The summed E-state index contributed by atoms with van der Waals surface area (Å²) in [5.74, 6) is 1.13. The molecule has 0 unspecified atom stereocenters. The standard InChI is InChI=1S/C12H18N6O2/c1-13-9-8-18-5-3-15-12(18)11(17-9)16-7-10(19)14-4-6-20-2/h3,5,8,13H,4,6-7H2,1-2H3,(H,14,19)(H,16,17). The van der Waals surface area contributed by atoms with E-state index in [-0.39, 0.29) is 12.5 Å². The molecule has 0 saturated heterocycles. The number of rotatable bonds is 7. The number of anilines is 2. The van der Waals surface area contributed by atoms with Crippen molar-refractivity contribution in [1.82, 2.24) is 19.7 Å². The number of imidazole rings is 1. The Morgan fingerprint density at radius 2 is 2.35 bits per heavy atom. The van der Waals surface area contributed by atoms with Crippen LogP contribution in [-0.2, 0) is 9.53 Å². The summed E-state index contributed by atoms with van der Waals surface area (Å²) in [6.45, 7) is 1.11. The van der Waals surface area contributed by atoms with Crippen molar-refractivity contribution < 1.29 is 9.53 Å². The van der Waals surface area contributed by atoms with Gasteiger partial charge in [0.05, 0.1) is 19.3 Å². The van der Waals surface area contributed by atoms with Gasteiger partial charge in [-0.2, -0.15) is 0 Å². The summed E-state index contributed by atoms with van der Waals surface area (Å²) in [7, 11) is 3.37. The number of amides is 1. The van der Waals surface area contributed by atoms with Crippen LogP contribution in [-0.4, -0.2) is 54.1 Å². The maximum Gasteiger partial charge on any atom is 0.239 e. The van der Waals surface area contributed by atoms with Crippen LogP contribution in [0.25, 0.3) is 5.65 Å². The first kappa shape index (κ1) is 14.1. The third-order valence-corrected chi connectivity index (χ3v) is 2.67. The summed E-state index contributed by atoms with van der Waals surface area (Å²) < 4.78 is 6.70. The Morgan fingerprint density at radius 3 is 3.10 bits per heavy atom. The van der Waals surface area contributed by atoms with Crippen LogP contribution in [0.2, 0.25) is 0 Å². The van der Waals surface area contributed by atoms with Gasteiger partial charge in [-0.05, 0) is 0 Å². The molecule has 0 aliphatic carbocycles. The van der Waals surface area contributed by atoms with E-state index < -0.39 is 0 Å². The van der Waals surface area contributed by atoms with Gasteiger partial charge in [-0.1, -0.05) is 0 Å². The number of carbonyl (C=O) groups is 1. The number of hydrogen-bond acceptors (Lipinski definition) is 6. The van der Waals surface area contributed by atoms with E-state index in [1.54, 1.807) is 20.4 Å². The van der Waals surface area contributed by atoms with E-state index in [0.29, 0.717) is 30.4 Å². The van der Waals surface area contributed by atoms with E-state index in [1.807, 2.05) is 16.8 Å². The van der Waals surface area contributed by atoms with Crippen LogP contribution < -0.4 is 16.0 Å². The normalized spacial score (nSPS) is 10.5. The first-order chi connectivity index (χ1) is 9.74. The predicted molar refractivity (Wildman–Crippen MR) is 75.9 cm³/mol. The molecule has 2 heterocycles. The van der Waals surface area contributed by atoms with Crippen LogP contribution >= 0.6 is 0 Å². The molecule has 2 aromatic heterocycles. The zero-order valence-corrected chi connectivity index (χ0v) is 11.5. The molecule has 0 bridgehead atoms. The third-order valence-electron chi connectivity index (χ3n) is 2.67. The van der Waals surface area contributed by atoms with Crippen molar-refractivity contribution in [2.75, 3.05) is 44.5 Å². The molecule has 0 fully saturated rings. The largest absolute Gasteiger partial charge is 0.383 e. The van der Waals surface area contributed by atoms with E-state index in [0.717, 1.165) is 0 Å². The molecular weight excluding hydrogens is 260 g/mol. The molecule has 0 aromatic carbocycles. The highest BCUT2D eigenvalue weighted by atomic mass is 16.5. The van der Waals surface area contributed by atoms with Crippen molar-refractivity contribution in [3.05, 3.63) is 18.6 Å². The minimum atomic E-state index is -0.122. The predicted octanol–water partition coefficient (Wildman–Crippen LogP) is -0.0545. The minimum absolute atomic E-state index is 0.122. The van der Waals surface area contributed by atoms with Crippen molar-refractivity contribution in [1.29, 1.82) is 0 Å². The first-order valence-corrected chi connectivity index (χ1v) is 6.25. The zero-order chi connectivity index (χ0) is 14.4. The summed E-state index contributed by atoms with van der Waals surface area (Å²) in [5, 5.41) is 8.68. The van der Waals surface area contributed by atoms with Crippen molar-refractivity contribution in [2.45, 2.75) is 0 Å². The van der Waals surface area contributed by atoms with Crippen LogP contribution in [0.1, 0.15) is 0 Å². The van der Waals surface area contributed by atoms with Gasteiger partial charge >= 0.3 is 0 Å². The molecule has 3 N–H and O–H groups in total. The highest BCUT2D eigenvalue weighted by molar-refractivity contribution is 5.81. The van der Waals surface area contributed by atoms with Gasteiger partial charge in [-0.3, -0.25) is 4.79 Å². The van der Waals surface area contributed by atoms with Crippen molar-refractivity contribution in [3.8, 4) is 0 Å².